The SMILES string of the molecule is NC(=S)c1ccc(S(=O)(=O)NC2CCOC2=O)cc1. The minimum atomic E-state index is -3.75. The number of esters is 1. The van der Waals surface area contributed by atoms with Gasteiger partial charge in [0.1, 0.15) is 11.0 Å². The van der Waals surface area contributed by atoms with Crippen molar-refractivity contribution in [3.63, 3.8) is 0 Å². The second-order valence-corrected chi connectivity index (χ2v) is 6.17. The number of ether oxygens (including phenoxy) is 1. The minimum Gasteiger partial charge on any atom is -0.464 e. The highest BCUT2D eigenvalue weighted by Gasteiger charge is 2.31. The first-order valence-electron chi connectivity index (χ1n) is 5.49. The minimum absolute atomic E-state index is 0.0483. The van der Waals surface area contributed by atoms with Crippen LogP contribution in [0.5, 0.6) is 0 Å². The molecule has 1 aliphatic heterocycles. The fraction of sp³-hybridized carbons (Fsp3) is 0.273. The Balaban J connectivity index is 2.19. The van der Waals surface area contributed by atoms with Crippen LogP contribution in [0.25, 0.3) is 0 Å². The number of nitrogens with one attached hydrogen (secondary N) is 1. The topological polar surface area (TPSA) is 98.5 Å². The van der Waals surface area contributed by atoms with Crippen LogP contribution < -0.4 is 10.5 Å². The molecule has 1 unspecified atom stereocenters. The number of sulfonamides is 1. The first-order valence-corrected chi connectivity index (χ1v) is 7.38. The van der Waals surface area contributed by atoms with E-state index in [9.17, 15) is 13.2 Å². The zero-order valence-electron chi connectivity index (χ0n) is 9.83. The third kappa shape index (κ3) is 3.09. The van der Waals surface area contributed by atoms with Crippen molar-refractivity contribution in [2.45, 2.75) is 17.4 Å². The van der Waals surface area contributed by atoms with E-state index in [1.54, 1.807) is 0 Å². The lowest BCUT2D eigenvalue weighted by Crippen LogP contribution is -2.37. The van der Waals surface area contributed by atoms with Crippen molar-refractivity contribution in [2.75, 3.05) is 6.61 Å². The van der Waals surface area contributed by atoms with Crippen LogP contribution in [0.4, 0.5) is 0 Å². The summed E-state index contributed by atoms with van der Waals surface area (Å²) in [5.74, 6) is -0.552. The molecule has 0 bridgehead atoms. The summed E-state index contributed by atoms with van der Waals surface area (Å²) in [5, 5.41) is 0. The maximum Gasteiger partial charge on any atom is 0.324 e. The lowest BCUT2D eigenvalue weighted by molar-refractivity contribution is -0.139. The van der Waals surface area contributed by atoms with Crippen LogP contribution in [0.15, 0.2) is 29.2 Å². The molecule has 0 saturated carbocycles. The van der Waals surface area contributed by atoms with Crippen molar-refractivity contribution in [2.24, 2.45) is 5.73 Å². The van der Waals surface area contributed by atoms with E-state index < -0.39 is 22.0 Å². The third-order valence-corrected chi connectivity index (χ3v) is 4.41. The fourth-order valence-electron chi connectivity index (χ4n) is 1.66. The van der Waals surface area contributed by atoms with Gasteiger partial charge in [-0.15, -0.1) is 0 Å². The van der Waals surface area contributed by atoms with E-state index >= 15 is 0 Å². The molecule has 0 spiro atoms. The average molecular weight is 300 g/mol. The van der Waals surface area contributed by atoms with Gasteiger partial charge in [-0.2, -0.15) is 4.72 Å². The molecule has 1 aromatic rings. The molecule has 6 nitrogen and oxygen atoms in total. The molecule has 0 aliphatic carbocycles. The van der Waals surface area contributed by atoms with E-state index in [0.717, 1.165) is 0 Å². The first-order chi connectivity index (χ1) is 8.90. The van der Waals surface area contributed by atoms with Gasteiger partial charge in [-0.1, -0.05) is 24.4 Å². The smallest absolute Gasteiger partial charge is 0.324 e. The summed E-state index contributed by atoms with van der Waals surface area (Å²) >= 11 is 4.78. The van der Waals surface area contributed by atoms with Crippen molar-refractivity contribution in [3.05, 3.63) is 29.8 Å². The van der Waals surface area contributed by atoms with Crippen LogP contribution in [0, 0.1) is 0 Å². The molecule has 1 saturated heterocycles. The Bertz CT molecular complexity index is 610. The maximum atomic E-state index is 12.0. The van der Waals surface area contributed by atoms with Gasteiger partial charge < -0.3 is 10.5 Å². The van der Waals surface area contributed by atoms with Gasteiger partial charge in [-0.25, -0.2) is 8.42 Å². The van der Waals surface area contributed by atoms with Crippen molar-refractivity contribution < 1.29 is 17.9 Å². The maximum absolute atomic E-state index is 12.0. The highest BCUT2D eigenvalue weighted by Crippen LogP contribution is 2.14. The van der Waals surface area contributed by atoms with Gasteiger partial charge in [0.05, 0.1) is 11.5 Å². The number of rotatable bonds is 4. The van der Waals surface area contributed by atoms with Crippen molar-refractivity contribution in [1.29, 1.82) is 0 Å². The standard InChI is InChI=1S/C11H12N2O4S2/c12-10(18)7-1-3-8(4-2-7)19(15,16)13-9-5-6-17-11(9)14/h1-4,9,13H,5-6H2,(H2,12,18). The van der Waals surface area contributed by atoms with Crippen LogP contribution in [0.1, 0.15) is 12.0 Å². The van der Waals surface area contributed by atoms with Gasteiger partial charge in [0.15, 0.2) is 0 Å². The first kappa shape index (κ1) is 13.9. The van der Waals surface area contributed by atoms with Crippen LogP contribution in [-0.2, 0) is 19.6 Å². The summed E-state index contributed by atoms with van der Waals surface area (Å²) in [6, 6.07) is 4.99. The zero-order chi connectivity index (χ0) is 14.0. The molecule has 8 heteroatoms. The monoisotopic (exact) mass is 300 g/mol. The number of hydrogen-bond acceptors (Lipinski definition) is 5. The van der Waals surface area contributed by atoms with Crippen molar-refractivity contribution in [1.82, 2.24) is 4.72 Å². The lowest BCUT2D eigenvalue weighted by atomic mass is 10.2. The molecule has 0 amide bonds. The molecule has 1 aromatic carbocycles. The second-order valence-electron chi connectivity index (χ2n) is 4.02. The average Bonchev–Trinajstić information content (AvgIpc) is 2.74. The summed E-state index contributed by atoms with van der Waals surface area (Å²) < 4.78 is 31.1. The van der Waals surface area contributed by atoms with Gasteiger partial charge in [0.2, 0.25) is 10.0 Å². The number of hydrogen-bond donors (Lipinski definition) is 2. The summed E-state index contributed by atoms with van der Waals surface area (Å²) in [6.45, 7) is 0.229. The van der Waals surface area contributed by atoms with Crippen molar-refractivity contribution in [3.8, 4) is 0 Å². The third-order valence-electron chi connectivity index (χ3n) is 2.68. The number of thiocarbonyl (C=S) groups is 1. The molecule has 1 heterocycles. The summed E-state index contributed by atoms with van der Waals surface area (Å²) in [6.07, 6.45) is 0.336. The van der Waals surface area contributed by atoms with E-state index in [-0.39, 0.29) is 16.5 Å². The molecule has 102 valence electrons. The van der Waals surface area contributed by atoms with E-state index in [1.165, 1.54) is 24.3 Å². The van der Waals surface area contributed by atoms with Gasteiger partial charge >= 0.3 is 5.97 Å². The second kappa shape index (κ2) is 5.24. The molecule has 1 fully saturated rings. The predicted octanol–water partition coefficient (Wildman–Crippen LogP) is -0.0854. The van der Waals surface area contributed by atoms with Crippen LogP contribution in [-0.4, -0.2) is 32.0 Å². The predicted molar refractivity (Wildman–Crippen MR) is 72.0 cm³/mol. The van der Waals surface area contributed by atoms with Gasteiger partial charge in [0.25, 0.3) is 0 Å². The Labute approximate surface area is 116 Å². The van der Waals surface area contributed by atoms with E-state index in [2.05, 4.69) is 4.72 Å². The number of benzene rings is 1. The number of carbonyl (C=O) groups is 1. The molecule has 0 radical (unpaired) electrons. The molecular formula is C11H12N2O4S2. The Morgan fingerprint density at radius 3 is 2.47 bits per heavy atom. The highest BCUT2D eigenvalue weighted by atomic mass is 32.2. The van der Waals surface area contributed by atoms with Crippen LogP contribution in [0.3, 0.4) is 0 Å². The number of carbonyl (C=O) groups excluding carboxylic acids is 1. The van der Waals surface area contributed by atoms with E-state index in [1.807, 2.05) is 0 Å². The van der Waals surface area contributed by atoms with Gasteiger partial charge in [0, 0.05) is 12.0 Å². The molecule has 3 N–H and O–H groups in total. The number of cyclic esters (lactones) is 1. The zero-order valence-corrected chi connectivity index (χ0v) is 11.5. The Kier molecular flexibility index (Phi) is 3.83. The van der Waals surface area contributed by atoms with Crippen LogP contribution >= 0.6 is 12.2 Å². The largest absolute Gasteiger partial charge is 0.464 e. The molecule has 1 atom stereocenters. The Morgan fingerprint density at radius 1 is 1.37 bits per heavy atom. The van der Waals surface area contributed by atoms with E-state index in [0.29, 0.717) is 12.0 Å². The van der Waals surface area contributed by atoms with Crippen molar-refractivity contribution >= 4 is 33.2 Å². The summed E-state index contributed by atoms with van der Waals surface area (Å²) in [7, 11) is -3.75. The molecule has 19 heavy (non-hydrogen) atoms. The molecule has 0 aromatic heterocycles. The molecule has 1 aliphatic rings. The lowest BCUT2D eigenvalue weighted by Gasteiger charge is -2.10. The Hall–Kier alpha value is -1.51. The number of nitrogens with two attached hydrogens (primary N) is 1. The quantitative estimate of drug-likeness (QED) is 0.596. The van der Waals surface area contributed by atoms with Gasteiger partial charge in [-0.05, 0) is 12.1 Å². The van der Waals surface area contributed by atoms with Crippen LogP contribution in [0.2, 0.25) is 0 Å². The van der Waals surface area contributed by atoms with E-state index in [4.69, 9.17) is 22.7 Å². The summed E-state index contributed by atoms with van der Waals surface area (Å²) in [5.41, 5.74) is 6.01. The normalized spacial score (nSPS) is 19.2. The highest BCUT2D eigenvalue weighted by molar-refractivity contribution is 7.89. The van der Waals surface area contributed by atoms with Gasteiger partial charge in [-0.3, -0.25) is 4.79 Å². The molecule has 2 rings (SSSR count). The Morgan fingerprint density at radius 2 is 2.00 bits per heavy atom. The summed E-state index contributed by atoms with van der Waals surface area (Å²) in [4.78, 5) is 11.5. The molecular weight excluding hydrogens is 288 g/mol. The fourth-order valence-corrected chi connectivity index (χ4v) is 3.01.